The Bertz CT molecular complexity index is 633. The topological polar surface area (TPSA) is 58.8 Å². The molecule has 3 fully saturated rings. The van der Waals surface area contributed by atoms with Crippen molar-refractivity contribution in [2.75, 3.05) is 32.7 Å². The first-order valence-corrected chi connectivity index (χ1v) is 10.1. The molecule has 3 aliphatic rings. The molecule has 3 atom stereocenters. The van der Waals surface area contributed by atoms with Crippen molar-refractivity contribution in [2.24, 2.45) is 11.1 Å². The average Bonchev–Trinajstić information content (AvgIpc) is 3.30. The predicted octanol–water partition coefficient (Wildman–Crippen LogP) is 2.85. The fourth-order valence-electron chi connectivity index (χ4n) is 5.01. The van der Waals surface area contributed by atoms with Crippen molar-refractivity contribution in [3.05, 3.63) is 35.9 Å². The summed E-state index contributed by atoms with van der Waals surface area (Å²) in [6, 6.07) is 10.7. The van der Waals surface area contributed by atoms with E-state index in [2.05, 4.69) is 40.1 Å². The molecule has 1 amide bonds. The van der Waals surface area contributed by atoms with Crippen LogP contribution in [0.15, 0.2) is 30.3 Å². The second-order valence-corrected chi connectivity index (χ2v) is 8.37. The first-order chi connectivity index (χ1) is 12.7. The monoisotopic (exact) mass is 429 g/mol. The van der Waals surface area contributed by atoms with Gasteiger partial charge in [0.05, 0.1) is 6.10 Å². The summed E-state index contributed by atoms with van der Waals surface area (Å²) < 4.78 is 5.83. The molecular weight excluding hydrogens is 397 g/mol. The molecule has 1 aromatic carbocycles. The number of piperidine rings is 1. The molecule has 0 aromatic heterocycles. The molecule has 0 saturated carbocycles. The molecule has 3 heterocycles. The molecule has 2 N–H and O–H groups in total. The van der Waals surface area contributed by atoms with E-state index in [1.165, 1.54) is 18.4 Å². The maximum Gasteiger partial charge on any atom is 0.251 e. The van der Waals surface area contributed by atoms with Gasteiger partial charge in [0.2, 0.25) is 0 Å². The van der Waals surface area contributed by atoms with Crippen molar-refractivity contribution in [2.45, 2.75) is 50.9 Å². The van der Waals surface area contributed by atoms with E-state index in [1.54, 1.807) is 0 Å². The smallest absolute Gasteiger partial charge is 0.251 e. The number of nitrogens with two attached hydrogens (primary N) is 1. The second-order valence-electron chi connectivity index (χ2n) is 8.37. The first kappa shape index (κ1) is 23.4. The number of carbonyl (C=O) groups is 1. The van der Waals surface area contributed by atoms with Gasteiger partial charge in [-0.05, 0) is 44.2 Å². The summed E-state index contributed by atoms with van der Waals surface area (Å²) in [4.78, 5) is 17.5. The van der Waals surface area contributed by atoms with Crippen LogP contribution in [-0.4, -0.2) is 60.6 Å². The minimum atomic E-state index is -0.261. The lowest BCUT2D eigenvalue weighted by Gasteiger charge is -2.40. The molecular formula is C21H33Cl2N3O2. The minimum absolute atomic E-state index is 0. The van der Waals surface area contributed by atoms with Crippen LogP contribution in [0.5, 0.6) is 0 Å². The lowest BCUT2D eigenvalue weighted by molar-refractivity contribution is -0.142. The zero-order valence-electron chi connectivity index (χ0n) is 16.4. The largest absolute Gasteiger partial charge is 0.364 e. The third-order valence-corrected chi connectivity index (χ3v) is 6.39. The van der Waals surface area contributed by atoms with Gasteiger partial charge >= 0.3 is 0 Å². The number of benzene rings is 1. The third-order valence-electron chi connectivity index (χ3n) is 6.39. The Morgan fingerprint density at radius 1 is 1.11 bits per heavy atom. The van der Waals surface area contributed by atoms with E-state index in [9.17, 15) is 4.79 Å². The maximum atomic E-state index is 12.9. The van der Waals surface area contributed by atoms with Gasteiger partial charge in [-0.1, -0.05) is 30.3 Å². The molecule has 1 unspecified atom stereocenters. The Kier molecular flexibility index (Phi) is 8.59. The summed E-state index contributed by atoms with van der Waals surface area (Å²) in [5, 5.41) is 0. The van der Waals surface area contributed by atoms with Crippen molar-refractivity contribution in [1.82, 2.24) is 9.80 Å². The Morgan fingerprint density at radius 2 is 1.89 bits per heavy atom. The number of rotatable bonds is 4. The van der Waals surface area contributed by atoms with Gasteiger partial charge in [-0.2, -0.15) is 0 Å². The van der Waals surface area contributed by atoms with Crippen LogP contribution >= 0.6 is 24.8 Å². The zero-order valence-corrected chi connectivity index (χ0v) is 18.1. The van der Waals surface area contributed by atoms with Gasteiger partial charge in [-0.15, -0.1) is 24.8 Å². The highest BCUT2D eigenvalue weighted by molar-refractivity contribution is 5.85. The molecule has 3 aliphatic heterocycles. The summed E-state index contributed by atoms with van der Waals surface area (Å²) >= 11 is 0. The number of hydrogen-bond acceptors (Lipinski definition) is 4. The maximum absolute atomic E-state index is 12.9. The van der Waals surface area contributed by atoms with Crippen molar-refractivity contribution in [3.8, 4) is 0 Å². The van der Waals surface area contributed by atoms with Crippen LogP contribution in [0.4, 0.5) is 0 Å². The van der Waals surface area contributed by atoms with Crippen LogP contribution in [0.3, 0.4) is 0 Å². The number of nitrogens with zero attached hydrogens (tertiary/aromatic N) is 2. The van der Waals surface area contributed by atoms with E-state index >= 15 is 0 Å². The normalized spacial score (nSPS) is 30.1. The van der Waals surface area contributed by atoms with Crippen molar-refractivity contribution < 1.29 is 9.53 Å². The van der Waals surface area contributed by atoms with Gasteiger partial charge in [0, 0.05) is 38.1 Å². The molecule has 158 valence electrons. The van der Waals surface area contributed by atoms with Crippen LogP contribution in [0.2, 0.25) is 0 Å². The highest BCUT2D eigenvalue weighted by Crippen LogP contribution is 2.40. The summed E-state index contributed by atoms with van der Waals surface area (Å²) in [6.45, 7) is 5.56. The Hall–Kier alpha value is -0.850. The zero-order chi connectivity index (χ0) is 18.0. The van der Waals surface area contributed by atoms with Gasteiger partial charge in [0.1, 0.15) is 6.10 Å². The van der Waals surface area contributed by atoms with Gasteiger partial charge in [0.25, 0.3) is 5.91 Å². The standard InChI is InChI=1S/C21H31N3O2.2ClH/c22-13-18-7-8-19(26-18)20(25)24-12-10-21(16-24)9-4-11-23(15-21)14-17-5-2-1-3-6-17;;/h1-3,5-6,18-19H,4,7-16,22H2;2*1H/t18-,19+,21?;;/m1../s1. The molecule has 5 nitrogen and oxygen atoms in total. The lowest BCUT2D eigenvalue weighted by atomic mass is 9.79. The molecule has 0 aliphatic carbocycles. The van der Waals surface area contributed by atoms with Crippen LogP contribution in [0.25, 0.3) is 0 Å². The van der Waals surface area contributed by atoms with E-state index in [0.717, 1.165) is 52.0 Å². The second kappa shape index (κ2) is 10.3. The van der Waals surface area contributed by atoms with Gasteiger partial charge < -0.3 is 15.4 Å². The summed E-state index contributed by atoms with van der Waals surface area (Å²) in [5.74, 6) is 0.193. The van der Waals surface area contributed by atoms with Crippen molar-refractivity contribution in [3.63, 3.8) is 0 Å². The molecule has 0 bridgehead atoms. The van der Waals surface area contributed by atoms with E-state index < -0.39 is 0 Å². The van der Waals surface area contributed by atoms with Crippen LogP contribution in [-0.2, 0) is 16.1 Å². The van der Waals surface area contributed by atoms with Gasteiger partial charge in [-0.25, -0.2) is 0 Å². The number of likely N-dealkylation sites (tertiary alicyclic amines) is 2. The van der Waals surface area contributed by atoms with E-state index in [4.69, 9.17) is 10.5 Å². The number of ether oxygens (including phenoxy) is 1. The minimum Gasteiger partial charge on any atom is -0.364 e. The van der Waals surface area contributed by atoms with Crippen LogP contribution < -0.4 is 5.73 Å². The Morgan fingerprint density at radius 3 is 2.61 bits per heavy atom. The lowest BCUT2D eigenvalue weighted by Crippen LogP contribution is -2.46. The molecule has 0 radical (unpaired) electrons. The summed E-state index contributed by atoms with van der Waals surface area (Å²) in [7, 11) is 0. The number of hydrogen-bond donors (Lipinski definition) is 1. The molecule has 28 heavy (non-hydrogen) atoms. The Balaban J connectivity index is 0.00000140. The first-order valence-electron chi connectivity index (χ1n) is 10.1. The Labute approximate surface area is 180 Å². The van der Waals surface area contributed by atoms with E-state index in [-0.39, 0.29) is 48.3 Å². The number of halogens is 2. The predicted molar refractivity (Wildman–Crippen MR) is 116 cm³/mol. The van der Waals surface area contributed by atoms with Gasteiger partial charge in [0.15, 0.2) is 0 Å². The quantitative estimate of drug-likeness (QED) is 0.798. The fourth-order valence-corrected chi connectivity index (χ4v) is 5.01. The SMILES string of the molecule is Cl.Cl.NC[C@H]1CC[C@@H](C(=O)N2CCC3(CCCN(Cc4ccccc4)C3)C2)O1. The van der Waals surface area contributed by atoms with Crippen LogP contribution in [0, 0.1) is 5.41 Å². The highest BCUT2D eigenvalue weighted by atomic mass is 35.5. The highest BCUT2D eigenvalue weighted by Gasteiger charge is 2.44. The molecule has 1 spiro atoms. The van der Waals surface area contributed by atoms with Gasteiger partial charge in [-0.3, -0.25) is 9.69 Å². The van der Waals surface area contributed by atoms with Crippen molar-refractivity contribution in [1.29, 1.82) is 0 Å². The fraction of sp³-hybridized carbons (Fsp3) is 0.667. The van der Waals surface area contributed by atoms with E-state index in [0.29, 0.717) is 6.54 Å². The molecule has 4 rings (SSSR count). The molecule has 7 heteroatoms. The third kappa shape index (κ3) is 5.19. The number of amides is 1. The average molecular weight is 430 g/mol. The van der Waals surface area contributed by atoms with Crippen molar-refractivity contribution >= 4 is 30.7 Å². The molecule has 3 saturated heterocycles. The summed E-state index contributed by atoms with van der Waals surface area (Å²) in [6.07, 6.45) is 5.13. The molecule has 1 aromatic rings. The summed E-state index contributed by atoms with van der Waals surface area (Å²) in [5.41, 5.74) is 7.33. The van der Waals surface area contributed by atoms with Crippen LogP contribution in [0.1, 0.15) is 37.7 Å². The van der Waals surface area contributed by atoms with E-state index in [1.807, 2.05) is 0 Å². The number of carbonyl (C=O) groups excluding carboxylic acids is 1.